The van der Waals surface area contributed by atoms with Gasteiger partial charge in [-0.05, 0) is 37.8 Å². The number of amides is 3. The summed E-state index contributed by atoms with van der Waals surface area (Å²) in [6, 6.07) is 3.96. The zero-order valence-corrected chi connectivity index (χ0v) is 17.9. The van der Waals surface area contributed by atoms with Gasteiger partial charge in [-0.25, -0.2) is 4.98 Å². The monoisotopic (exact) mass is 432 g/mol. The van der Waals surface area contributed by atoms with E-state index in [0.717, 1.165) is 28.3 Å². The molecule has 0 unspecified atom stereocenters. The van der Waals surface area contributed by atoms with Gasteiger partial charge in [0, 0.05) is 42.1 Å². The summed E-state index contributed by atoms with van der Waals surface area (Å²) in [6.07, 6.45) is 3.45. The van der Waals surface area contributed by atoms with Crippen molar-refractivity contribution in [3.8, 4) is 10.6 Å². The minimum Gasteiger partial charge on any atom is -0.351 e. The Morgan fingerprint density at radius 1 is 1.14 bits per heavy atom. The van der Waals surface area contributed by atoms with E-state index in [2.05, 4.69) is 15.6 Å². The number of aromatic nitrogens is 1. The van der Waals surface area contributed by atoms with Gasteiger partial charge in [-0.2, -0.15) is 0 Å². The molecule has 2 aliphatic rings. The highest BCUT2D eigenvalue weighted by atomic mass is 32.1. The molecule has 1 aliphatic carbocycles. The molecule has 3 amide bonds. The minimum atomic E-state index is -0.0726. The highest BCUT2D eigenvalue weighted by molar-refractivity contribution is 7.17. The average molecular weight is 433 g/mol. The van der Waals surface area contributed by atoms with Crippen molar-refractivity contribution in [1.29, 1.82) is 0 Å². The SMILES string of the molecule is CC(=O)NCc1ccc(-c2csc(NC(=O)C3CCN(C(=O)C4CC4)CC3)n2)s1. The van der Waals surface area contributed by atoms with Crippen molar-refractivity contribution < 1.29 is 14.4 Å². The van der Waals surface area contributed by atoms with Gasteiger partial charge in [-0.15, -0.1) is 22.7 Å². The summed E-state index contributed by atoms with van der Waals surface area (Å²) in [5, 5.41) is 8.25. The van der Waals surface area contributed by atoms with Gasteiger partial charge in [0.2, 0.25) is 17.7 Å². The highest BCUT2D eigenvalue weighted by Gasteiger charge is 2.36. The fraction of sp³-hybridized carbons (Fsp3) is 0.500. The first-order chi connectivity index (χ1) is 14.0. The molecule has 0 radical (unpaired) electrons. The van der Waals surface area contributed by atoms with Gasteiger partial charge >= 0.3 is 0 Å². The van der Waals surface area contributed by atoms with Crippen LogP contribution in [-0.4, -0.2) is 40.7 Å². The molecular weight excluding hydrogens is 408 g/mol. The maximum atomic E-state index is 12.6. The lowest BCUT2D eigenvalue weighted by molar-refractivity contribution is -0.135. The molecule has 154 valence electrons. The van der Waals surface area contributed by atoms with E-state index in [1.54, 1.807) is 11.3 Å². The Hall–Kier alpha value is -2.26. The number of carbonyl (C=O) groups excluding carboxylic acids is 3. The van der Waals surface area contributed by atoms with Gasteiger partial charge in [0.05, 0.1) is 17.1 Å². The maximum absolute atomic E-state index is 12.6. The largest absolute Gasteiger partial charge is 0.351 e. The molecule has 7 nitrogen and oxygen atoms in total. The third kappa shape index (κ3) is 5.02. The quantitative estimate of drug-likeness (QED) is 0.734. The van der Waals surface area contributed by atoms with Crippen LogP contribution in [0.5, 0.6) is 0 Å². The summed E-state index contributed by atoms with van der Waals surface area (Å²) in [5.41, 5.74) is 0.828. The fourth-order valence-corrected chi connectivity index (χ4v) is 5.12. The summed E-state index contributed by atoms with van der Waals surface area (Å²) in [6.45, 7) is 3.35. The Labute approximate surface area is 177 Å². The average Bonchev–Trinajstić information content (AvgIpc) is 3.28. The Bertz CT molecular complexity index is 910. The fourth-order valence-electron chi connectivity index (χ4n) is 3.42. The van der Waals surface area contributed by atoms with Crippen molar-refractivity contribution in [2.75, 3.05) is 18.4 Å². The van der Waals surface area contributed by atoms with E-state index in [0.29, 0.717) is 37.6 Å². The van der Waals surface area contributed by atoms with Crippen LogP contribution in [0.2, 0.25) is 0 Å². The Morgan fingerprint density at radius 3 is 2.59 bits per heavy atom. The number of thiazole rings is 1. The van der Waals surface area contributed by atoms with Crippen LogP contribution in [0.3, 0.4) is 0 Å². The zero-order chi connectivity index (χ0) is 20.4. The van der Waals surface area contributed by atoms with E-state index in [-0.39, 0.29) is 29.6 Å². The van der Waals surface area contributed by atoms with Crippen LogP contribution in [0.15, 0.2) is 17.5 Å². The Kier molecular flexibility index (Phi) is 5.96. The number of anilines is 1. The van der Waals surface area contributed by atoms with Crippen LogP contribution in [0.25, 0.3) is 10.6 Å². The van der Waals surface area contributed by atoms with Crippen LogP contribution in [0.1, 0.15) is 37.5 Å². The Balaban J connectivity index is 1.29. The number of hydrogen-bond donors (Lipinski definition) is 2. The topological polar surface area (TPSA) is 91.4 Å². The molecule has 2 N–H and O–H groups in total. The molecule has 2 fully saturated rings. The number of carbonyl (C=O) groups is 3. The van der Waals surface area contributed by atoms with Crippen molar-refractivity contribution in [3.63, 3.8) is 0 Å². The molecule has 2 aromatic heterocycles. The molecule has 0 bridgehead atoms. The van der Waals surface area contributed by atoms with E-state index in [1.165, 1.54) is 18.3 Å². The summed E-state index contributed by atoms with van der Waals surface area (Å²) in [5.74, 6) is 0.368. The lowest BCUT2D eigenvalue weighted by Gasteiger charge is -2.31. The molecule has 0 spiro atoms. The molecule has 9 heteroatoms. The number of piperidine rings is 1. The van der Waals surface area contributed by atoms with Crippen molar-refractivity contribution in [1.82, 2.24) is 15.2 Å². The molecule has 29 heavy (non-hydrogen) atoms. The first kappa shape index (κ1) is 20.0. The predicted octanol–water partition coefficient (Wildman–Crippen LogP) is 3.09. The normalized spacial score (nSPS) is 17.2. The molecule has 0 aromatic carbocycles. The molecule has 1 saturated carbocycles. The van der Waals surface area contributed by atoms with Gasteiger partial charge < -0.3 is 15.5 Å². The first-order valence-corrected chi connectivity index (χ1v) is 11.6. The third-order valence-corrected chi connectivity index (χ3v) is 7.13. The lowest BCUT2D eigenvalue weighted by atomic mass is 9.95. The standard InChI is InChI=1S/C20H24N4O3S2/c1-12(25)21-10-15-4-5-17(29-15)16-11-28-20(22-16)23-18(26)13-6-8-24(9-7-13)19(27)14-2-3-14/h4-5,11,13-14H,2-3,6-10H2,1H3,(H,21,25)(H,22,23,26). The zero-order valence-electron chi connectivity index (χ0n) is 16.3. The molecule has 1 saturated heterocycles. The van der Waals surface area contributed by atoms with Gasteiger partial charge in [-0.3, -0.25) is 14.4 Å². The summed E-state index contributed by atoms with van der Waals surface area (Å²) in [4.78, 5) is 44.3. The summed E-state index contributed by atoms with van der Waals surface area (Å²) in [7, 11) is 0. The number of hydrogen-bond acceptors (Lipinski definition) is 6. The number of rotatable bonds is 6. The molecule has 3 heterocycles. The van der Waals surface area contributed by atoms with E-state index < -0.39 is 0 Å². The molecule has 4 rings (SSSR count). The van der Waals surface area contributed by atoms with Gasteiger partial charge in [0.1, 0.15) is 0 Å². The number of nitrogens with one attached hydrogen (secondary N) is 2. The van der Waals surface area contributed by atoms with Crippen molar-refractivity contribution >= 4 is 45.5 Å². The van der Waals surface area contributed by atoms with E-state index >= 15 is 0 Å². The second-order valence-corrected chi connectivity index (χ2v) is 9.60. The summed E-state index contributed by atoms with van der Waals surface area (Å²) >= 11 is 2.99. The van der Waals surface area contributed by atoms with Crippen LogP contribution in [-0.2, 0) is 20.9 Å². The molecule has 0 atom stereocenters. The van der Waals surface area contributed by atoms with Gasteiger partial charge in [0.15, 0.2) is 5.13 Å². The van der Waals surface area contributed by atoms with Crippen molar-refractivity contribution in [2.24, 2.45) is 11.8 Å². The third-order valence-electron chi connectivity index (χ3n) is 5.26. The van der Waals surface area contributed by atoms with Crippen LogP contribution in [0, 0.1) is 11.8 Å². The smallest absolute Gasteiger partial charge is 0.229 e. The van der Waals surface area contributed by atoms with E-state index in [4.69, 9.17) is 0 Å². The second-order valence-electron chi connectivity index (χ2n) is 7.58. The molecular formula is C20H24N4O3S2. The molecule has 1 aliphatic heterocycles. The first-order valence-electron chi connectivity index (χ1n) is 9.88. The predicted molar refractivity (Wildman–Crippen MR) is 114 cm³/mol. The van der Waals surface area contributed by atoms with E-state index in [1.807, 2.05) is 22.4 Å². The number of thiophene rings is 1. The number of nitrogens with zero attached hydrogens (tertiary/aromatic N) is 2. The van der Waals surface area contributed by atoms with Crippen LogP contribution >= 0.6 is 22.7 Å². The van der Waals surface area contributed by atoms with E-state index in [9.17, 15) is 14.4 Å². The maximum Gasteiger partial charge on any atom is 0.229 e. The Morgan fingerprint density at radius 2 is 1.90 bits per heavy atom. The minimum absolute atomic E-state index is 0.0121. The lowest BCUT2D eigenvalue weighted by Crippen LogP contribution is -2.42. The van der Waals surface area contributed by atoms with Crippen LogP contribution < -0.4 is 10.6 Å². The highest BCUT2D eigenvalue weighted by Crippen LogP contribution is 2.33. The van der Waals surface area contributed by atoms with Gasteiger partial charge in [-0.1, -0.05) is 0 Å². The van der Waals surface area contributed by atoms with Crippen molar-refractivity contribution in [2.45, 2.75) is 39.2 Å². The van der Waals surface area contributed by atoms with Crippen molar-refractivity contribution in [3.05, 3.63) is 22.4 Å². The van der Waals surface area contributed by atoms with Crippen LogP contribution in [0.4, 0.5) is 5.13 Å². The number of likely N-dealkylation sites (tertiary alicyclic amines) is 1. The summed E-state index contributed by atoms with van der Waals surface area (Å²) < 4.78 is 0. The van der Waals surface area contributed by atoms with Gasteiger partial charge in [0.25, 0.3) is 0 Å². The second kappa shape index (κ2) is 8.62. The molecule has 2 aromatic rings.